The van der Waals surface area contributed by atoms with Crippen LogP contribution in [0.5, 0.6) is 0 Å². The summed E-state index contributed by atoms with van der Waals surface area (Å²) in [5, 5.41) is 9.74. The van der Waals surface area contributed by atoms with Crippen molar-refractivity contribution >= 4 is 24.3 Å². The fourth-order valence-electron chi connectivity index (χ4n) is 3.78. The van der Waals surface area contributed by atoms with Gasteiger partial charge < -0.3 is 0 Å². The van der Waals surface area contributed by atoms with Crippen LogP contribution in [-0.4, -0.2) is 29.5 Å². The second-order valence-electron chi connectivity index (χ2n) is 7.06. The number of hydrogen-bond donors (Lipinski definition) is 1. The Labute approximate surface area is 159 Å². The predicted molar refractivity (Wildman–Crippen MR) is 109 cm³/mol. The Morgan fingerprint density at radius 3 is 1.19 bits per heavy atom. The molecule has 0 aromatic heterocycles. The van der Waals surface area contributed by atoms with Crippen molar-refractivity contribution in [2.75, 3.05) is 0 Å². The molecule has 2 nitrogen and oxygen atoms in total. The zero-order valence-corrected chi connectivity index (χ0v) is 17.7. The van der Waals surface area contributed by atoms with Crippen LogP contribution in [0.3, 0.4) is 0 Å². The van der Waals surface area contributed by atoms with E-state index in [1.54, 1.807) is 0 Å². The predicted octanol–water partition coefficient (Wildman–Crippen LogP) is 4.87. The summed E-state index contributed by atoms with van der Waals surface area (Å²) in [6, 6.07) is 31.2. The number of hydrogen-bond acceptors (Lipinski definition) is 1. The molecule has 0 fully saturated rings. The van der Waals surface area contributed by atoms with Gasteiger partial charge in [-0.3, -0.25) is 0 Å². The van der Waals surface area contributed by atoms with E-state index in [1.165, 1.54) is 16.7 Å². The van der Waals surface area contributed by atoms with Crippen LogP contribution in [0.1, 0.15) is 16.7 Å². The molecule has 3 aromatic rings. The molecule has 0 atom stereocenters. The molecule has 132 valence electrons. The molecule has 3 rings (SSSR count). The zero-order valence-electron chi connectivity index (χ0n) is 14.8. The average molecular weight is 451 g/mol. The van der Waals surface area contributed by atoms with Crippen LogP contribution >= 0.6 is 0 Å². The maximum atomic E-state index is 11.8. The van der Waals surface area contributed by atoms with Crippen LogP contribution in [0.15, 0.2) is 91.0 Å². The molecule has 0 heterocycles. The zero-order chi connectivity index (χ0) is 18.2. The third kappa shape index (κ3) is 5.46. The summed E-state index contributed by atoms with van der Waals surface area (Å²) >= 11 is -3.11. The van der Waals surface area contributed by atoms with E-state index in [2.05, 4.69) is 72.8 Å². The first-order chi connectivity index (χ1) is 12.7. The summed E-state index contributed by atoms with van der Waals surface area (Å²) in [5.74, 6) is -0.649. The van der Waals surface area contributed by atoms with Crippen molar-refractivity contribution in [2.45, 2.75) is 17.7 Å². The Hall–Kier alpha value is -2.07. The summed E-state index contributed by atoms with van der Waals surface area (Å²) < 4.78 is 3.20. The molecule has 26 heavy (non-hydrogen) atoms. The van der Waals surface area contributed by atoms with Crippen LogP contribution in [0.2, 0.25) is 4.44 Å². The van der Waals surface area contributed by atoms with E-state index in [-0.39, 0.29) is 0 Å². The Morgan fingerprint density at radius 2 is 0.923 bits per heavy atom. The van der Waals surface area contributed by atoms with Gasteiger partial charge in [0.25, 0.3) is 0 Å². The first-order valence-corrected chi connectivity index (χ1v) is 17.1. The number of rotatable bonds is 8. The Bertz CT molecular complexity index is 715. The van der Waals surface area contributed by atoms with Crippen molar-refractivity contribution in [1.82, 2.24) is 0 Å². The maximum absolute atomic E-state index is 11.8. The van der Waals surface area contributed by atoms with Crippen molar-refractivity contribution in [3.05, 3.63) is 108 Å². The van der Waals surface area contributed by atoms with E-state index >= 15 is 0 Å². The van der Waals surface area contributed by atoms with Crippen LogP contribution in [-0.2, 0) is 18.1 Å². The van der Waals surface area contributed by atoms with Crippen LogP contribution in [0, 0.1) is 0 Å². The number of aliphatic carboxylic acids is 1. The molecule has 3 aromatic carbocycles. The summed E-state index contributed by atoms with van der Waals surface area (Å²) in [6.45, 7) is 0. The van der Waals surface area contributed by atoms with E-state index < -0.39 is 24.3 Å². The van der Waals surface area contributed by atoms with E-state index in [0.29, 0.717) is 4.44 Å². The van der Waals surface area contributed by atoms with Crippen molar-refractivity contribution in [2.24, 2.45) is 0 Å². The molecular formula is C23H24O2Sn. The van der Waals surface area contributed by atoms with E-state index in [1.807, 2.05) is 18.2 Å². The fraction of sp³-hybridized carbons (Fsp3) is 0.174. The van der Waals surface area contributed by atoms with Crippen molar-refractivity contribution in [1.29, 1.82) is 0 Å². The molecule has 0 saturated heterocycles. The number of carboxylic acids is 1. The van der Waals surface area contributed by atoms with Gasteiger partial charge in [-0.05, 0) is 0 Å². The molecule has 0 spiro atoms. The Kier molecular flexibility index (Phi) is 6.50. The molecular weight excluding hydrogens is 427 g/mol. The number of carbonyl (C=O) groups is 1. The van der Waals surface area contributed by atoms with Gasteiger partial charge in [-0.25, -0.2) is 0 Å². The molecule has 0 amide bonds. The van der Waals surface area contributed by atoms with Gasteiger partial charge in [-0.15, -0.1) is 0 Å². The molecule has 0 unspecified atom stereocenters. The van der Waals surface area contributed by atoms with Gasteiger partial charge in [-0.1, -0.05) is 0 Å². The Morgan fingerprint density at radius 1 is 0.615 bits per heavy atom. The second kappa shape index (κ2) is 9.04. The van der Waals surface area contributed by atoms with Gasteiger partial charge >= 0.3 is 160 Å². The van der Waals surface area contributed by atoms with Crippen molar-refractivity contribution < 1.29 is 9.90 Å². The first-order valence-electron chi connectivity index (χ1n) is 8.99. The number of benzene rings is 3. The van der Waals surface area contributed by atoms with Gasteiger partial charge in [0, 0.05) is 0 Å². The van der Waals surface area contributed by atoms with E-state index in [4.69, 9.17) is 0 Å². The monoisotopic (exact) mass is 452 g/mol. The van der Waals surface area contributed by atoms with Gasteiger partial charge in [0.2, 0.25) is 0 Å². The molecule has 0 aliphatic carbocycles. The molecule has 0 saturated carbocycles. The van der Waals surface area contributed by atoms with E-state index in [0.717, 1.165) is 13.3 Å². The summed E-state index contributed by atoms with van der Waals surface area (Å²) in [5.41, 5.74) is 3.82. The van der Waals surface area contributed by atoms with Crippen LogP contribution < -0.4 is 0 Å². The molecule has 0 aliphatic heterocycles. The van der Waals surface area contributed by atoms with Crippen molar-refractivity contribution in [3.63, 3.8) is 0 Å². The minimum atomic E-state index is -3.11. The Balaban J connectivity index is 1.98. The number of carboxylic acid groups (broad SMARTS) is 1. The molecule has 1 N–H and O–H groups in total. The van der Waals surface area contributed by atoms with Crippen LogP contribution in [0.25, 0.3) is 0 Å². The van der Waals surface area contributed by atoms with Crippen LogP contribution in [0.4, 0.5) is 0 Å². The van der Waals surface area contributed by atoms with Gasteiger partial charge in [-0.2, -0.15) is 0 Å². The van der Waals surface area contributed by atoms with Gasteiger partial charge in [0.15, 0.2) is 0 Å². The summed E-state index contributed by atoms with van der Waals surface area (Å²) in [7, 11) is 0. The summed E-state index contributed by atoms with van der Waals surface area (Å²) in [4.78, 5) is 11.8. The normalized spacial score (nSPS) is 11.2. The summed E-state index contributed by atoms with van der Waals surface area (Å²) in [6.07, 6.45) is 0. The quantitative estimate of drug-likeness (QED) is 0.497. The third-order valence-electron chi connectivity index (χ3n) is 4.79. The molecule has 0 radical (unpaired) electrons. The molecule has 0 aliphatic rings. The second-order valence-corrected chi connectivity index (χ2v) is 19.7. The topological polar surface area (TPSA) is 37.3 Å². The van der Waals surface area contributed by atoms with Gasteiger partial charge in [0.1, 0.15) is 0 Å². The molecule has 3 heteroatoms. The standard InChI is InChI=1S/3C7H7.C2H3O2.Sn/c3*1-7-5-3-2-4-6-7;1-2(3)4;/h3*2-6H,1H2;1H2,(H,3,4);. The van der Waals surface area contributed by atoms with E-state index in [9.17, 15) is 9.90 Å². The van der Waals surface area contributed by atoms with Gasteiger partial charge in [0.05, 0.1) is 0 Å². The first kappa shape index (κ1) is 18.7. The third-order valence-corrected chi connectivity index (χ3v) is 17.7. The molecule has 0 bridgehead atoms. The fourth-order valence-corrected chi connectivity index (χ4v) is 17.2. The SMILES string of the molecule is O=C(O)[CH2][Sn]([CH2]c1ccccc1)([CH2]c1ccccc1)[CH2]c1ccccc1. The van der Waals surface area contributed by atoms with Crippen molar-refractivity contribution in [3.8, 4) is 0 Å². The minimum absolute atomic E-state index is 0.355. The average Bonchev–Trinajstić information content (AvgIpc) is 2.63.